The lowest BCUT2D eigenvalue weighted by atomic mass is 10.1. The SMILES string of the molecule is CCCCOc1ccc(C(=O)N2CCc3nc(NC(=O)NC(C)C)sc3C2)cc1. The first-order valence-electron chi connectivity index (χ1n) is 10.0. The number of aromatic nitrogens is 1. The van der Waals surface area contributed by atoms with E-state index in [-0.39, 0.29) is 18.0 Å². The fourth-order valence-electron chi connectivity index (χ4n) is 3.03. The third-order valence-corrected chi connectivity index (χ3v) is 5.52. The highest BCUT2D eigenvalue weighted by Crippen LogP contribution is 2.29. The van der Waals surface area contributed by atoms with Crippen LogP contribution in [0.25, 0.3) is 0 Å². The fraction of sp³-hybridized carbons (Fsp3) is 0.476. The number of hydrogen-bond acceptors (Lipinski definition) is 5. The second-order valence-electron chi connectivity index (χ2n) is 7.35. The van der Waals surface area contributed by atoms with Crippen LogP contribution in [0.2, 0.25) is 0 Å². The molecule has 0 radical (unpaired) electrons. The minimum absolute atomic E-state index is 0.00350. The van der Waals surface area contributed by atoms with Gasteiger partial charge >= 0.3 is 6.03 Å². The first-order valence-corrected chi connectivity index (χ1v) is 10.9. The van der Waals surface area contributed by atoms with Crippen molar-refractivity contribution in [1.82, 2.24) is 15.2 Å². The standard InChI is InChI=1S/C21H28N4O3S/c1-4-5-12-28-16-8-6-15(7-9-16)19(26)25-11-10-17-18(13-25)29-21(23-17)24-20(27)22-14(2)3/h6-9,14H,4-5,10-13H2,1-3H3,(H2,22,23,24,27). The first kappa shape index (κ1) is 21.1. The molecule has 0 aliphatic carbocycles. The van der Waals surface area contributed by atoms with Crippen LogP contribution in [-0.2, 0) is 13.0 Å². The van der Waals surface area contributed by atoms with E-state index in [0.29, 0.717) is 36.8 Å². The number of fused-ring (bicyclic) bond motifs is 1. The molecular weight excluding hydrogens is 388 g/mol. The Morgan fingerprint density at radius 3 is 2.72 bits per heavy atom. The van der Waals surface area contributed by atoms with E-state index >= 15 is 0 Å². The molecule has 2 N–H and O–H groups in total. The van der Waals surface area contributed by atoms with Gasteiger partial charge in [0, 0.05) is 29.4 Å². The maximum atomic E-state index is 12.9. The minimum Gasteiger partial charge on any atom is -0.494 e. The number of anilines is 1. The van der Waals surface area contributed by atoms with Gasteiger partial charge in [0.2, 0.25) is 0 Å². The summed E-state index contributed by atoms with van der Waals surface area (Å²) >= 11 is 1.42. The molecule has 0 unspecified atom stereocenters. The number of nitrogens with zero attached hydrogens (tertiary/aromatic N) is 2. The Morgan fingerprint density at radius 1 is 1.28 bits per heavy atom. The highest BCUT2D eigenvalue weighted by atomic mass is 32.1. The molecule has 0 fully saturated rings. The molecule has 2 aromatic rings. The third-order valence-electron chi connectivity index (χ3n) is 4.53. The Bertz CT molecular complexity index is 848. The van der Waals surface area contributed by atoms with Crippen molar-refractivity contribution in [3.05, 3.63) is 40.4 Å². The predicted octanol–water partition coefficient (Wildman–Crippen LogP) is 4.05. The largest absolute Gasteiger partial charge is 0.494 e. The van der Waals surface area contributed by atoms with Crippen LogP contribution in [-0.4, -0.2) is 41.0 Å². The number of nitrogens with one attached hydrogen (secondary N) is 2. The molecule has 7 nitrogen and oxygen atoms in total. The molecule has 8 heteroatoms. The number of amides is 3. The summed E-state index contributed by atoms with van der Waals surface area (Å²) in [4.78, 5) is 32.1. The second-order valence-corrected chi connectivity index (χ2v) is 8.43. The van der Waals surface area contributed by atoms with Crippen LogP contribution in [0.4, 0.5) is 9.93 Å². The topological polar surface area (TPSA) is 83.6 Å². The summed E-state index contributed by atoms with van der Waals surface area (Å²) < 4.78 is 5.66. The van der Waals surface area contributed by atoms with E-state index in [4.69, 9.17) is 4.74 Å². The zero-order chi connectivity index (χ0) is 20.8. The Hall–Kier alpha value is -2.61. The number of ether oxygens (including phenoxy) is 1. The summed E-state index contributed by atoms with van der Waals surface area (Å²) in [6, 6.07) is 7.12. The van der Waals surface area contributed by atoms with Gasteiger partial charge in [-0.05, 0) is 44.5 Å². The van der Waals surface area contributed by atoms with Crippen LogP contribution < -0.4 is 15.4 Å². The van der Waals surface area contributed by atoms with Crippen LogP contribution in [0.1, 0.15) is 54.5 Å². The minimum atomic E-state index is -0.264. The summed E-state index contributed by atoms with van der Waals surface area (Å²) in [6.07, 6.45) is 2.79. The molecule has 1 aliphatic heterocycles. The first-order chi connectivity index (χ1) is 14.0. The maximum Gasteiger partial charge on any atom is 0.321 e. The van der Waals surface area contributed by atoms with Crippen molar-refractivity contribution in [3.63, 3.8) is 0 Å². The van der Waals surface area contributed by atoms with Crippen molar-refractivity contribution in [2.45, 2.75) is 52.6 Å². The van der Waals surface area contributed by atoms with E-state index in [1.54, 1.807) is 0 Å². The molecule has 0 spiro atoms. The van der Waals surface area contributed by atoms with Crippen molar-refractivity contribution < 1.29 is 14.3 Å². The van der Waals surface area contributed by atoms with Crippen molar-refractivity contribution >= 4 is 28.4 Å². The quantitative estimate of drug-likeness (QED) is 0.667. The number of hydrogen-bond donors (Lipinski definition) is 2. The molecule has 0 saturated heterocycles. The average molecular weight is 417 g/mol. The van der Waals surface area contributed by atoms with Gasteiger partial charge in [-0.25, -0.2) is 9.78 Å². The third kappa shape index (κ3) is 5.69. The maximum absolute atomic E-state index is 12.9. The summed E-state index contributed by atoms with van der Waals surface area (Å²) in [6.45, 7) is 7.74. The number of urea groups is 1. The molecule has 1 aromatic carbocycles. The van der Waals surface area contributed by atoms with Crippen molar-refractivity contribution in [3.8, 4) is 5.75 Å². The lowest BCUT2D eigenvalue weighted by Gasteiger charge is -2.26. The molecule has 29 heavy (non-hydrogen) atoms. The van der Waals surface area contributed by atoms with E-state index in [1.807, 2.05) is 43.0 Å². The molecule has 156 valence electrons. The van der Waals surface area contributed by atoms with Gasteiger partial charge in [0.05, 0.1) is 18.8 Å². The molecular formula is C21H28N4O3S. The van der Waals surface area contributed by atoms with Crippen molar-refractivity contribution in [2.24, 2.45) is 0 Å². The normalized spacial score (nSPS) is 13.2. The Balaban J connectivity index is 1.60. The van der Waals surface area contributed by atoms with Crippen LogP contribution in [0.15, 0.2) is 24.3 Å². The van der Waals surface area contributed by atoms with Gasteiger partial charge in [-0.1, -0.05) is 24.7 Å². The monoisotopic (exact) mass is 416 g/mol. The van der Waals surface area contributed by atoms with Gasteiger partial charge in [-0.3, -0.25) is 10.1 Å². The zero-order valence-electron chi connectivity index (χ0n) is 17.2. The highest BCUT2D eigenvalue weighted by Gasteiger charge is 2.25. The van der Waals surface area contributed by atoms with Gasteiger partial charge < -0.3 is 15.0 Å². The van der Waals surface area contributed by atoms with Gasteiger partial charge in [-0.15, -0.1) is 0 Å². The molecule has 1 aliphatic rings. The Kier molecular flexibility index (Phi) is 7.09. The van der Waals surface area contributed by atoms with Crippen LogP contribution in [0.5, 0.6) is 5.75 Å². The van der Waals surface area contributed by atoms with Crippen LogP contribution in [0, 0.1) is 0 Å². The summed E-state index contributed by atoms with van der Waals surface area (Å²) in [5.41, 5.74) is 1.61. The van der Waals surface area contributed by atoms with Crippen LogP contribution >= 0.6 is 11.3 Å². The van der Waals surface area contributed by atoms with Crippen LogP contribution in [0.3, 0.4) is 0 Å². The Morgan fingerprint density at radius 2 is 2.03 bits per heavy atom. The molecule has 0 saturated carbocycles. The summed E-state index contributed by atoms with van der Waals surface area (Å²) in [5.74, 6) is 0.782. The molecule has 3 rings (SSSR count). The van der Waals surface area contributed by atoms with E-state index in [0.717, 1.165) is 29.2 Å². The number of benzene rings is 1. The average Bonchev–Trinajstić information content (AvgIpc) is 3.08. The zero-order valence-corrected chi connectivity index (χ0v) is 18.0. The van der Waals surface area contributed by atoms with Crippen molar-refractivity contribution in [2.75, 3.05) is 18.5 Å². The summed E-state index contributed by atoms with van der Waals surface area (Å²) in [7, 11) is 0. The van der Waals surface area contributed by atoms with Crippen molar-refractivity contribution in [1.29, 1.82) is 0 Å². The molecule has 3 amide bonds. The molecule has 1 aromatic heterocycles. The van der Waals surface area contributed by atoms with E-state index in [9.17, 15) is 9.59 Å². The molecule has 0 atom stereocenters. The number of carbonyl (C=O) groups is 2. The molecule has 0 bridgehead atoms. The highest BCUT2D eigenvalue weighted by molar-refractivity contribution is 7.15. The van der Waals surface area contributed by atoms with Gasteiger partial charge in [0.1, 0.15) is 5.75 Å². The lowest BCUT2D eigenvalue weighted by Crippen LogP contribution is -2.35. The summed E-state index contributed by atoms with van der Waals surface area (Å²) in [5, 5.41) is 6.12. The number of rotatable bonds is 7. The lowest BCUT2D eigenvalue weighted by molar-refractivity contribution is 0.0736. The second kappa shape index (κ2) is 9.73. The Labute approximate surface area is 175 Å². The fourth-order valence-corrected chi connectivity index (χ4v) is 4.05. The van der Waals surface area contributed by atoms with Gasteiger partial charge in [0.15, 0.2) is 5.13 Å². The number of unbranched alkanes of at least 4 members (excludes halogenated alkanes) is 1. The van der Waals surface area contributed by atoms with Gasteiger partial charge in [-0.2, -0.15) is 0 Å². The van der Waals surface area contributed by atoms with E-state index in [2.05, 4.69) is 22.5 Å². The van der Waals surface area contributed by atoms with E-state index in [1.165, 1.54) is 11.3 Å². The smallest absolute Gasteiger partial charge is 0.321 e. The number of thiazole rings is 1. The predicted molar refractivity (Wildman–Crippen MR) is 115 cm³/mol. The molecule has 2 heterocycles. The number of carbonyl (C=O) groups excluding carboxylic acids is 2. The van der Waals surface area contributed by atoms with E-state index < -0.39 is 0 Å². The van der Waals surface area contributed by atoms with Gasteiger partial charge in [0.25, 0.3) is 5.91 Å².